The van der Waals surface area contributed by atoms with E-state index in [-0.39, 0.29) is 11.8 Å². The highest BCUT2D eigenvalue weighted by Crippen LogP contribution is 2.38. The zero-order chi connectivity index (χ0) is 14.6. The molecule has 0 aliphatic carbocycles. The van der Waals surface area contributed by atoms with Gasteiger partial charge >= 0.3 is 5.97 Å². The van der Waals surface area contributed by atoms with Gasteiger partial charge in [0, 0.05) is 27.1 Å². The fraction of sp³-hybridized carbons (Fsp3) is 0.857. The third-order valence-electron chi connectivity index (χ3n) is 4.27. The molecule has 0 radical (unpaired) electrons. The molecule has 0 aromatic carbocycles. The predicted octanol–water partition coefficient (Wildman–Crippen LogP) is 1.29. The van der Waals surface area contributed by atoms with Crippen LogP contribution in [0.2, 0.25) is 0 Å². The number of likely N-dealkylation sites (tertiary alicyclic amines) is 1. The lowest BCUT2D eigenvalue weighted by atomic mass is 9.76. The zero-order valence-electron chi connectivity index (χ0n) is 12.5. The second kappa shape index (κ2) is 6.37. The highest BCUT2D eigenvalue weighted by atomic mass is 16.4. The first-order chi connectivity index (χ1) is 8.79. The van der Waals surface area contributed by atoms with Gasteiger partial charge in [0.2, 0.25) is 5.91 Å². The van der Waals surface area contributed by atoms with E-state index >= 15 is 0 Å². The molecule has 0 aromatic rings. The molecule has 1 atom stereocenters. The van der Waals surface area contributed by atoms with Gasteiger partial charge in [-0.3, -0.25) is 9.59 Å². The third-order valence-corrected chi connectivity index (χ3v) is 4.27. The summed E-state index contributed by atoms with van der Waals surface area (Å²) in [4.78, 5) is 26.7. The van der Waals surface area contributed by atoms with E-state index in [4.69, 9.17) is 0 Å². The Balaban J connectivity index is 2.44. The summed E-state index contributed by atoms with van der Waals surface area (Å²) in [5, 5.41) is 9.45. The van der Waals surface area contributed by atoms with Gasteiger partial charge in [-0.05, 0) is 31.8 Å². The summed E-state index contributed by atoms with van der Waals surface area (Å²) in [6.07, 6.45) is 2.04. The Bertz CT molecular complexity index is 342. The van der Waals surface area contributed by atoms with E-state index < -0.39 is 11.4 Å². The van der Waals surface area contributed by atoms with Crippen molar-refractivity contribution in [2.24, 2.45) is 11.3 Å². The highest BCUT2D eigenvalue weighted by Gasteiger charge is 2.46. The van der Waals surface area contributed by atoms with Gasteiger partial charge in [0.15, 0.2) is 0 Å². The maximum atomic E-state index is 11.5. The highest BCUT2D eigenvalue weighted by molar-refractivity contribution is 5.76. The third kappa shape index (κ3) is 3.69. The number of carboxylic acid groups (broad SMARTS) is 1. The van der Waals surface area contributed by atoms with Crippen molar-refractivity contribution in [3.63, 3.8) is 0 Å². The molecular formula is C14H26N2O3. The average Bonchev–Trinajstić information content (AvgIpc) is 2.74. The Labute approximate surface area is 115 Å². The molecule has 5 heteroatoms. The lowest BCUT2D eigenvalue weighted by Gasteiger charge is -2.28. The van der Waals surface area contributed by atoms with Crippen molar-refractivity contribution in [3.05, 3.63) is 0 Å². The van der Waals surface area contributed by atoms with Crippen LogP contribution in [0.5, 0.6) is 0 Å². The Kier molecular flexibility index (Phi) is 5.35. The number of carboxylic acids is 1. The monoisotopic (exact) mass is 270 g/mol. The molecule has 5 nitrogen and oxygen atoms in total. The lowest BCUT2D eigenvalue weighted by Crippen LogP contribution is -2.39. The van der Waals surface area contributed by atoms with Gasteiger partial charge in [-0.25, -0.2) is 0 Å². The maximum absolute atomic E-state index is 11.5. The zero-order valence-corrected chi connectivity index (χ0v) is 12.5. The number of carbonyl (C=O) groups is 2. The maximum Gasteiger partial charge on any atom is 0.311 e. The van der Waals surface area contributed by atoms with Crippen LogP contribution in [0.4, 0.5) is 0 Å². The van der Waals surface area contributed by atoms with Gasteiger partial charge in [0.05, 0.1) is 5.41 Å². The largest absolute Gasteiger partial charge is 0.481 e. The molecule has 1 fully saturated rings. The lowest BCUT2D eigenvalue weighted by molar-refractivity contribution is -0.151. The van der Waals surface area contributed by atoms with E-state index in [0.717, 1.165) is 19.5 Å². The first-order valence-electron chi connectivity index (χ1n) is 6.95. The molecule has 1 heterocycles. The Morgan fingerprint density at radius 1 is 1.37 bits per heavy atom. The van der Waals surface area contributed by atoms with Gasteiger partial charge in [0.25, 0.3) is 0 Å². The fourth-order valence-electron chi connectivity index (χ4n) is 2.68. The van der Waals surface area contributed by atoms with Gasteiger partial charge < -0.3 is 14.9 Å². The van der Waals surface area contributed by atoms with Crippen LogP contribution in [-0.2, 0) is 9.59 Å². The minimum absolute atomic E-state index is 0.132. The number of rotatable bonds is 6. The van der Waals surface area contributed by atoms with E-state index in [0.29, 0.717) is 19.4 Å². The Hall–Kier alpha value is -1.10. The Morgan fingerprint density at radius 2 is 2.00 bits per heavy atom. The molecule has 1 saturated heterocycles. The standard InChI is InChI=1S/C14H26N2O3/c1-11(2)14(13(18)19)7-9-16(10-14)8-5-6-12(17)15(3)4/h11H,5-10H2,1-4H3,(H,18,19). The van der Waals surface area contributed by atoms with Crippen molar-refractivity contribution >= 4 is 11.9 Å². The number of hydrogen-bond donors (Lipinski definition) is 1. The van der Waals surface area contributed by atoms with Gasteiger partial charge in [-0.2, -0.15) is 0 Å². The number of aliphatic carboxylic acids is 1. The summed E-state index contributed by atoms with van der Waals surface area (Å²) in [7, 11) is 3.51. The molecule has 0 aromatic heterocycles. The van der Waals surface area contributed by atoms with Crippen LogP contribution < -0.4 is 0 Å². The summed E-state index contributed by atoms with van der Waals surface area (Å²) in [5.41, 5.74) is -0.606. The number of hydrogen-bond acceptors (Lipinski definition) is 3. The van der Waals surface area contributed by atoms with Crippen LogP contribution in [0.15, 0.2) is 0 Å². The van der Waals surface area contributed by atoms with Crippen molar-refractivity contribution in [2.45, 2.75) is 33.1 Å². The average molecular weight is 270 g/mol. The van der Waals surface area contributed by atoms with E-state index in [1.807, 2.05) is 13.8 Å². The molecule has 0 saturated carbocycles. The summed E-state index contributed by atoms with van der Waals surface area (Å²) < 4.78 is 0. The van der Waals surface area contributed by atoms with Gasteiger partial charge in [-0.15, -0.1) is 0 Å². The fourth-order valence-corrected chi connectivity index (χ4v) is 2.68. The number of carbonyl (C=O) groups excluding carboxylic acids is 1. The van der Waals surface area contributed by atoms with Crippen LogP contribution in [0, 0.1) is 11.3 Å². The Morgan fingerprint density at radius 3 is 2.42 bits per heavy atom. The summed E-state index contributed by atoms with van der Waals surface area (Å²) >= 11 is 0. The topological polar surface area (TPSA) is 60.9 Å². The molecule has 1 unspecified atom stereocenters. The normalized spacial score (nSPS) is 23.8. The first-order valence-corrected chi connectivity index (χ1v) is 6.95. The molecule has 1 rings (SSSR count). The molecular weight excluding hydrogens is 244 g/mol. The van der Waals surface area contributed by atoms with Crippen LogP contribution in [0.25, 0.3) is 0 Å². The van der Waals surface area contributed by atoms with Crippen LogP contribution >= 0.6 is 0 Å². The van der Waals surface area contributed by atoms with Gasteiger partial charge in [0.1, 0.15) is 0 Å². The second-order valence-corrected chi connectivity index (χ2v) is 6.03. The molecule has 19 heavy (non-hydrogen) atoms. The quantitative estimate of drug-likeness (QED) is 0.790. The van der Waals surface area contributed by atoms with Crippen molar-refractivity contribution < 1.29 is 14.7 Å². The first kappa shape index (κ1) is 16.0. The van der Waals surface area contributed by atoms with Crippen LogP contribution in [-0.4, -0.2) is 60.5 Å². The van der Waals surface area contributed by atoms with Crippen molar-refractivity contribution in [2.75, 3.05) is 33.7 Å². The van der Waals surface area contributed by atoms with E-state index in [2.05, 4.69) is 4.90 Å². The molecule has 1 aliphatic heterocycles. The predicted molar refractivity (Wildman–Crippen MR) is 73.9 cm³/mol. The van der Waals surface area contributed by atoms with E-state index in [1.54, 1.807) is 19.0 Å². The number of nitrogens with zero attached hydrogens (tertiary/aromatic N) is 2. The van der Waals surface area contributed by atoms with Crippen molar-refractivity contribution in [3.8, 4) is 0 Å². The molecule has 1 aliphatic rings. The van der Waals surface area contributed by atoms with Crippen LogP contribution in [0.3, 0.4) is 0 Å². The SMILES string of the molecule is CC(C)C1(C(=O)O)CCN(CCCC(=O)N(C)C)C1. The molecule has 110 valence electrons. The molecule has 0 spiro atoms. The second-order valence-electron chi connectivity index (χ2n) is 6.03. The minimum Gasteiger partial charge on any atom is -0.481 e. The van der Waals surface area contributed by atoms with E-state index in [9.17, 15) is 14.7 Å². The van der Waals surface area contributed by atoms with Crippen LogP contribution in [0.1, 0.15) is 33.1 Å². The summed E-state index contributed by atoms with van der Waals surface area (Å²) in [6, 6.07) is 0. The van der Waals surface area contributed by atoms with E-state index in [1.165, 1.54) is 0 Å². The van der Waals surface area contributed by atoms with Crippen molar-refractivity contribution in [1.82, 2.24) is 9.80 Å². The summed E-state index contributed by atoms with van der Waals surface area (Å²) in [6.45, 7) is 6.19. The molecule has 0 bridgehead atoms. The van der Waals surface area contributed by atoms with Crippen molar-refractivity contribution in [1.29, 1.82) is 0 Å². The molecule has 1 N–H and O–H groups in total. The molecule has 1 amide bonds. The minimum atomic E-state index is -0.686. The smallest absolute Gasteiger partial charge is 0.311 e. The summed E-state index contributed by atoms with van der Waals surface area (Å²) in [5.74, 6) is -0.416. The number of amides is 1. The van der Waals surface area contributed by atoms with Gasteiger partial charge in [-0.1, -0.05) is 13.8 Å².